The van der Waals surface area contributed by atoms with Crippen LogP contribution in [-0.4, -0.2) is 33.1 Å². The minimum Gasteiger partial charge on any atom is -0.439 e. The third-order valence-electron chi connectivity index (χ3n) is 5.02. The van der Waals surface area contributed by atoms with E-state index in [1.807, 2.05) is 22.9 Å². The SMILES string of the molecule is CC(=O)NC[C@H]1CCn2ncc(C(=O)Nc3cccc(Oc4ccccn4)c3)c2C1. The predicted molar refractivity (Wildman–Crippen MR) is 111 cm³/mol. The highest BCUT2D eigenvalue weighted by atomic mass is 16.5. The van der Waals surface area contributed by atoms with E-state index in [2.05, 4.69) is 20.7 Å². The lowest BCUT2D eigenvalue weighted by Gasteiger charge is -2.24. The minimum atomic E-state index is -0.216. The monoisotopic (exact) mass is 405 g/mol. The maximum atomic E-state index is 12.9. The predicted octanol–water partition coefficient (Wildman–Crippen LogP) is 3.02. The van der Waals surface area contributed by atoms with Gasteiger partial charge >= 0.3 is 0 Å². The zero-order chi connectivity index (χ0) is 20.9. The molecule has 0 saturated carbocycles. The summed E-state index contributed by atoms with van der Waals surface area (Å²) < 4.78 is 7.60. The molecule has 1 aromatic carbocycles. The lowest BCUT2D eigenvalue weighted by Crippen LogP contribution is -2.32. The third-order valence-corrected chi connectivity index (χ3v) is 5.02. The Morgan fingerprint density at radius 1 is 1.23 bits per heavy atom. The number of aryl methyl sites for hydroxylation is 1. The van der Waals surface area contributed by atoms with Crippen molar-refractivity contribution in [1.82, 2.24) is 20.1 Å². The zero-order valence-electron chi connectivity index (χ0n) is 16.7. The highest BCUT2D eigenvalue weighted by molar-refractivity contribution is 6.05. The van der Waals surface area contributed by atoms with Gasteiger partial charge in [0.1, 0.15) is 5.75 Å². The van der Waals surface area contributed by atoms with Crippen LogP contribution in [0, 0.1) is 5.92 Å². The van der Waals surface area contributed by atoms with Gasteiger partial charge in [0.2, 0.25) is 11.8 Å². The van der Waals surface area contributed by atoms with Gasteiger partial charge in [-0.3, -0.25) is 14.3 Å². The standard InChI is InChI=1S/C22H23N5O3/c1-15(28)24-13-16-8-10-27-20(11-16)19(14-25-27)22(29)26-17-5-4-6-18(12-17)30-21-7-2-3-9-23-21/h2-7,9,12,14,16H,8,10-11,13H2,1H3,(H,24,28)(H,26,29)/t16-/m0/s1. The summed E-state index contributed by atoms with van der Waals surface area (Å²) in [6.45, 7) is 2.85. The van der Waals surface area contributed by atoms with Crippen LogP contribution in [0.4, 0.5) is 5.69 Å². The Morgan fingerprint density at radius 3 is 2.93 bits per heavy atom. The molecule has 0 spiro atoms. The van der Waals surface area contributed by atoms with Crippen molar-refractivity contribution in [2.75, 3.05) is 11.9 Å². The largest absolute Gasteiger partial charge is 0.439 e. The Kier molecular flexibility index (Phi) is 5.74. The molecule has 2 N–H and O–H groups in total. The summed E-state index contributed by atoms with van der Waals surface area (Å²) in [5.41, 5.74) is 2.08. The molecule has 8 heteroatoms. The number of hydrogen-bond donors (Lipinski definition) is 2. The zero-order valence-corrected chi connectivity index (χ0v) is 16.7. The first kappa shape index (κ1) is 19.6. The molecule has 1 aliphatic rings. The summed E-state index contributed by atoms with van der Waals surface area (Å²) in [4.78, 5) is 28.2. The molecule has 2 aromatic heterocycles. The van der Waals surface area contributed by atoms with Crippen molar-refractivity contribution in [2.24, 2.45) is 5.92 Å². The number of fused-ring (bicyclic) bond motifs is 1. The smallest absolute Gasteiger partial charge is 0.259 e. The average molecular weight is 405 g/mol. The molecule has 0 unspecified atom stereocenters. The number of hydrogen-bond acceptors (Lipinski definition) is 5. The Labute approximate surface area is 174 Å². The Hall–Kier alpha value is -3.68. The normalized spacial score (nSPS) is 15.2. The second-order valence-electron chi connectivity index (χ2n) is 7.28. The molecule has 0 saturated heterocycles. The highest BCUT2D eigenvalue weighted by Gasteiger charge is 2.25. The molecule has 2 amide bonds. The first-order chi connectivity index (χ1) is 14.6. The van der Waals surface area contributed by atoms with E-state index >= 15 is 0 Å². The van der Waals surface area contributed by atoms with Crippen LogP contribution in [0.25, 0.3) is 0 Å². The number of benzene rings is 1. The van der Waals surface area contributed by atoms with Crippen molar-refractivity contribution in [1.29, 1.82) is 0 Å². The fraction of sp³-hybridized carbons (Fsp3) is 0.273. The van der Waals surface area contributed by atoms with E-state index in [9.17, 15) is 9.59 Å². The van der Waals surface area contributed by atoms with Gasteiger partial charge in [0.15, 0.2) is 0 Å². The van der Waals surface area contributed by atoms with Crippen molar-refractivity contribution in [3.05, 3.63) is 66.1 Å². The number of nitrogens with zero attached hydrogens (tertiary/aromatic N) is 3. The first-order valence-electron chi connectivity index (χ1n) is 9.88. The van der Waals surface area contributed by atoms with Gasteiger partial charge in [0.05, 0.1) is 17.5 Å². The Morgan fingerprint density at radius 2 is 2.13 bits per heavy atom. The van der Waals surface area contributed by atoms with E-state index < -0.39 is 0 Å². The number of ether oxygens (including phenoxy) is 1. The van der Waals surface area contributed by atoms with E-state index in [1.54, 1.807) is 36.7 Å². The van der Waals surface area contributed by atoms with Gasteiger partial charge in [0, 0.05) is 44.0 Å². The number of pyridine rings is 1. The first-order valence-corrected chi connectivity index (χ1v) is 9.88. The van der Waals surface area contributed by atoms with Crippen molar-refractivity contribution >= 4 is 17.5 Å². The van der Waals surface area contributed by atoms with Crippen LogP contribution in [0.3, 0.4) is 0 Å². The molecule has 4 rings (SSSR count). The molecular weight excluding hydrogens is 382 g/mol. The third kappa shape index (κ3) is 4.65. The number of amides is 2. The molecule has 8 nitrogen and oxygen atoms in total. The number of rotatable bonds is 6. The maximum Gasteiger partial charge on any atom is 0.259 e. The van der Waals surface area contributed by atoms with Gasteiger partial charge in [-0.1, -0.05) is 12.1 Å². The average Bonchev–Trinajstić information content (AvgIpc) is 3.17. The van der Waals surface area contributed by atoms with Crippen molar-refractivity contribution < 1.29 is 14.3 Å². The molecule has 0 bridgehead atoms. The fourth-order valence-corrected chi connectivity index (χ4v) is 3.52. The maximum absolute atomic E-state index is 12.9. The summed E-state index contributed by atoms with van der Waals surface area (Å²) in [7, 11) is 0. The van der Waals surface area contributed by atoms with E-state index in [0.717, 1.165) is 18.7 Å². The lowest BCUT2D eigenvalue weighted by atomic mass is 9.94. The number of aromatic nitrogens is 3. The van der Waals surface area contributed by atoms with Crippen LogP contribution < -0.4 is 15.4 Å². The van der Waals surface area contributed by atoms with Crippen LogP contribution in [0.5, 0.6) is 11.6 Å². The fourth-order valence-electron chi connectivity index (χ4n) is 3.52. The van der Waals surface area contributed by atoms with Crippen LogP contribution in [-0.2, 0) is 17.8 Å². The van der Waals surface area contributed by atoms with Crippen LogP contribution in [0.2, 0.25) is 0 Å². The van der Waals surface area contributed by atoms with Crippen molar-refractivity contribution in [3.63, 3.8) is 0 Å². The quantitative estimate of drug-likeness (QED) is 0.657. The summed E-state index contributed by atoms with van der Waals surface area (Å²) in [6.07, 6.45) is 4.89. The van der Waals surface area contributed by atoms with Crippen LogP contribution in [0.1, 0.15) is 29.4 Å². The van der Waals surface area contributed by atoms with E-state index in [0.29, 0.717) is 41.8 Å². The molecule has 154 valence electrons. The Balaban J connectivity index is 1.45. The summed E-state index contributed by atoms with van der Waals surface area (Å²) in [6, 6.07) is 12.6. The number of carbonyl (C=O) groups is 2. The van der Waals surface area contributed by atoms with Gasteiger partial charge in [-0.2, -0.15) is 5.10 Å². The molecule has 30 heavy (non-hydrogen) atoms. The van der Waals surface area contributed by atoms with Gasteiger partial charge in [-0.05, 0) is 37.0 Å². The second-order valence-corrected chi connectivity index (χ2v) is 7.28. The number of carbonyl (C=O) groups excluding carboxylic acids is 2. The lowest BCUT2D eigenvalue weighted by molar-refractivity contribution is -0.119. The second kappa shape index (κ2) is 8.77. The summed E-state index contributed by atoms with van der Waals surface area (Å²) in [5.74, 6) is 1.10. The van der Waals surface area contributed by atoms with Crippen molar-refractivity contribution in [2.45, 2.75) is 26.3 Å². The van der Waals surface area contributed by atoms with E-state index in [-0.39, 0.29) is 11.8 Å². The van der Waals surface area contributed by atoms with Gasteiger partial charge < -0.3 is 15.4 Å². The van der Waals surface area contributed by atoms with Gasteiger partial charge in [0.25, 0.3) is 5.91 Å². The van der Waals surface area contributed by atoms with E-state index in [1.165, 1.54) is 6.92 Å². The van der Waals surface area contributed by atoms with Crippen LogP contribution in [0.15, 0.2) is 54.9 Å². The minimum absolute atomic E-state index is 0.0418. The molecule has 1 aliphatic heterocycles. The van der Waals surface area contributed by atoms with Gasteiger partial charge in [-0.15, -0.1) is 0 Å². The van der Waals surface area contributed by atoms with Crippen LogP contribution >= 0.6 is 0 Å². The molecule has 3 heterocycles. The van der Waals surface area contributed by atoms with Crippen molar-refractivity contribution in [3.8, 4) is 11.6 Å². The molecular formula is C22H23N5O3. The molecule has 1 atom stereocenters. The summed E-state index contributed by atoms with van der Waals surface area (Å²) >= 11 is 0. The molecule has 0 radical (unpaired) electrons. The Bertz CT molecular complexity index is 1050. The van der Waals surface area contributed by atoms with E-state index in [4.69, 9.17) is 4.74 Å². The molecule has 0 aliphatic carbocycles. The molecule has 0 fully saturated rings. The molecule has 3 aromatic rings. The van der Waals surface area contributed by atoms with Gasteiger partial charge in [-0.25, -0.2) is 4.98 Å². The number of anilines is 1. The number of nitrogens with one attached hydrogen (secondary N) is 2. The topological polar surface area (TPSA) is 98.1 Å². The summed E-state index contributed by atoms with van der Waals surface area (Å²) in [5, 5.41) is 10.1. The highest BCUT2D eigenvalue weighted by Crippen LogP contribution is 2.25.